The molecule has 3 aliphatic rings. The van der Waals surface area contributed by atoms with E-state index in [1.165, 1.54) is 16.6 Å². The first-order chi connectivity index (χ1) is 23.3. The number of phenols is 1. The Balaban J connectivity index is 1.30. The molecule has 48 heavy (non-hydrogen) atoms. The Morgan fingerprint density at radius 3 is 2.69 bits per heavy atom. The zero-order valence-corrected chi connectivity index (χ0v) is 27.5. The number of anilines is 1. The summed E-state index contributed by atoms with van der Waals surface area (Å²) < 4.78 is 51.8. The van der Waals surface area contributed by atoms with Crippen molar-refractivity contribution in [2.75, 3.05) is 64.6 Å². The molecule has 12 heteroatoms. The van der Waals surface area contributed by atoms with E-state index in [4.69, 9.17) is 24.2 Å². The Kier molecular flexibility index (Phi) is 7.84. The summed E-state index contributed by atoms with van der Waals surface area (Å²) in [5.74, 6) is -0.335. The van der Waals surface area contributed by atoms with Crippen molar-refractivity contribution in [3.05, 3.63) is 53.7 Å². The van der Waals surface area contributed by atoms with Crippen LogP contribution in [0.1, 0.15) is 32.3 Å². The van der Waals surface area contributed by atoms with E-state index < -0.39 is 11.6 Å². The van der Waals surface area contributed by atoms with Gasteiger partial charge in [-0.25, -0.2) is 13.3 Å². The number of likely N-dealkylation sites (tertiary alicyclic amines) is 1. The molecule has 3 aromatic heterocycles. The third-order valence-electron chi connectivity index (χ3n) is 10.2. The molecule has 5 heterocycles. The molecule has 0 bridgehead atoms. The van der Waals surface area contributed by atoms with Crippen LogP contribution in [-0.4, -0.2) is 95.3 Å². The van der Waals surface area contributed by atoms with Gasteiger partial charge in [0, 0.05) is 50.8 Å². The molecule has 1 unspecified atom stereocenters. The molecule has 2 aliphatic heterocycles. The highest BCUT2D eigenvalue weighted by atomic mass is 19.1. The van der Waals surface area contributed by atoms with Gasteiger partial charge in [-0.15, -0.1) is 0 Å². The molecule has 8 rings (SSSR count). The summed E-state index contributed by atoms with van der Waals surface area (Å²) in [5, 5.41) is 17.0. The first-order valence-electron chi connectivity index (χ1n) is 16.8. The van der Waals surface area contributed by atoms with Crippen molar-refractivity contribution in [1.82, 2.24) is 24.5 Å². The number of benzene rings is 2. The van der Waals surface area contributed by atoms with E-state index in [9.17, 15) is 5.11 Å². The molecule has 1 N–H and O–H groups in total. The summed E-state index contributed by atoms with van der Waals surface area (Å²) in [4.78, 5) is 14.2. The Morgan fingerprint density at radius 2 is 1.92 bits per heavy atom. The second kappa shape index (κ2) is 12.1. The molecule has 0 spiro atoms. The minimum atomic E-state index is -0.653. The van der Waals surface area contributed by atoms with E-state index >= 15 is 8.78 Å². The molecule has 1 aliphatic carbocycles. The number of fused-ring (bicyclic) bond motifs is 4. The van der Waals surface area contributed by atoms with Crippen molar-refractivity contribution in [1.29, 1.82) is 0 Å². The Hall–Kier alpha value is -4.13. The number of phenolic OH excluding ortho intramolecular Hbond substituents is 1. The van der Waals surface area contributed by atoms with E-state index in [-0.39, 0.29) is 40.4 Å². The molecule has 0 radical (unpaired) electrons. The van der Waals surface area contributed by atoms with Crippen LogP contribution in [0.15, 0.2) is 36.5 Å². The number of pyridine rings is 1. The van der Waals surface area contributed by atoms with Crippen LogP contribution in [0.3, 0.4) is 0 Å². The Morgan fingerprint density at radius 1 is 1.08 bits per heavy atom. The Labute approximate surface area is 277 Å². The zero-order chi connectivity index (χ0) is 33.2. The number of aromatic hydroxyl groups is 1. The van der Waals surface area contributed by atoms with Gasteiger partial charge in [-0.1, -0.05) is 19.9 Å². The van der Waals surface area contributed by atoms with Crippen molar-refractivity contribution >= 4 is 33.0 Å². The fourth-order valence-electron chi connectivity index (χ4n) is 7.45. The summed E-state index contributed by atoms with van der Waals surface area (Å²) in [6, 6.07) is 7.93. The van der Waals surface area contributed by atoms with E-state index in [1.807, 2.05) is 13.0 Å². The maximum atomic E-state index is 17.4. The number of aromatic nitrogens is 4. The lowest BCUT2D eigenvalue weighted by molar-refractivity contribution is -0.0410. The van der Waals surface area contributed by atoms with Gasteiger partial charge in [0.1, 0.15) is 28.6 Å². The van der Waals surface area contributed by atoms with Crippen LogP contribution in [0.25, 0.3) is 38.4 Å². The average Bonchev–Trinajstić information content (AvgIpc) is 3.73. The zero-order valence-electron chi connectivity index (χ0n) is 27.5. The van der Waals surface area contributed by atoms with Crippen molar-refractivity contribution in [2.45, 2.75) is 39.2 Å². The molecule has 5 aromatic rings. The second-order valence-electron chi connectivity index (χ2n) is 13.8. The topological polar surface area (TPSA) is 97.5 Å². The van der Waals surface area contributed by atoms with Gasteiger partial charge >= 0.3 is 6.01 Å². The van der Waals surface area contributed by atoms with Gasteiger partial charge in [-0.3, -0.25) is 4.90 Å². The summed E-state index contributed by atoms with van der Waals surface area (Å²) >= 11 is 0. The summed E-state index contributed by atoms with van der Waals surface area (Å²) in [5.41, 5.74) is 1.52. The maximum absolute atomic E-state index is 17.4. The number of hydrogen-bond acceptors (Lipinski definition) is 9. The van der Waals surface area contributed by atoms with Crippen molar-refractivity contribution in [3.63, 3.8) is 0 Å². The number of methoxy groups -OCH3 is 1. The third kappa shape index (κ3) is 5.39. The van der Waals surface area contributed by atoms with Gasteiger partial charge in [0.2, 0.25) is 0 Å². The summed E-state index contributed by atoms with van der Waals surface area (Å²) in [6.45, 7) is 9.46. The lowest BCUT2D eigenvalue weighted by atomic mass is 9.94. The number of nitrogens with zero attached hydrogens (tertiary/aromatic N) is 6. The van der Waals surface area contributed by atoms with Crippen molar-refractivity contribution < 1.29 is 28.1 Å². The minimum absolute atomic E-state index is 0.00235. The van der Waals surface area contributed by atoms with Gasteiger partial charge in [-0.05, 0) is 65.8 Å². The normalized spacial score (nSPS) is 20.0. The minimum Gasteiger partial charge on any atom is -0.508 e. The fraction of sp³-hybridized carbons (Fsp3) is 0.472. The van der Waals surface area contributed by atoms with Gasteiger partial charge in [0.05, 0.1) is 43.0 Å². The van der Waals surface area contributed by atoms with Gasteiger partial charge in [-0.2, -0.15) is 15.1 Å². The molecular weight excluding hydrogens is 618 g/mol. The Bertz CT molecular complexity index is 2030. The van der Waals surface area contributed by atoms with Crippen LogP contribution in [0.5, 0.6) is 11.8 Å². The lowest BCUT2D eigenvalue weighted by Crippen LogP contribution is -2.54. The smallest absolute Gasteiger partial charge is 0.319 e. The summed E-state index contributed by atoms with van der Waals surface area (Å²) in [6.07, 6.45) is 4.34. The first kappa shape index (κ1) is 31.2. The lowest BCUT2D eigenvalue weighted by Gasteiger charge is -2.40. The maximum Gasteiger partial charge on any atom is 0.319 e. The van der Waals surface area contributed by atoms with Crippen LogP contribution < -0.4 is 9.64 Å². The quantitative estimate of drug-likeness (QED) is 0.217. The molecule has 1 atom stereocenters. The number of hydrogen-bond donors (Lipinski definition) is 1. The fourth-order valence-corrected chi connectivity index (χ4v) is 7.45. The average molecular weight is 659 g/mol. The van der Waals surface area contributed by atoms with Crippen LogP contribution >= 0.6 is 0 Å². The number of aryl methyl sites for hydroxylation is 1. The van der Waals surface area contributed by atoms with Gasteiger partial charge < -0.3 is 24.2 Å². The molecule has 3 fully saturated rings. The number of ether oxygens (including phenoxy) is 3. The van der Waals surface area contributed by atoms with Crippen LogP contribution in [0.4, 0.5) is 14.6 Å². The highest BCUT2D eigenvalue weighted by Crippen LogP contribution is 2.48. The number of halogens is 2. The van der Waals surface area contributed by atoms with Crippen LogP contribution in [0.2, 0.25) is 0 Å². The predicted octanol–water partition coefficient (Wildman–Crippen LogP) is 5.61. The molecule has 10 nitrogen and oxygen atoms in total. The van der Waals surface area contributed by atoms with E-state index in [0.717, 1.165) is 32.5 Å². The monoisotopic (exact) mass is 658 g/mol. The molecule has 0 amide bonds. The van der Waals surface area contributed by atoms with E-state index in [2.05, 4.69) is 21.8 Å². The third-order valence-corrected chi connectivity index (χ3v) is 10.2. The van der Waals surface area contributed by atoms with Gasteiger partial charge in [0.25, 0.3) is 0 Å². The second-order valence-corrected chi connectivity index (χ2v) is 13.8. The number of rotatable bonds is 9. The molecule has 1 saturated carbocycles. The van der Waals surface area contributed by atoms with E-state index in [1.54, 1.807) is 25.4 Å². The van der Waals surface area contributed by atoms with Crippen LogP contribution in [0, 0.1) is 23.0 Å². The molecule has 252 valence electrons. The standard InChI is InChI=1S/C36H40F2N6O4/c1-4-25-27(37)6-5-22-13-23(45)14-26(29(22)25)33-31(38)32-30(28-7-10-39-44(28)33)34(43-11-12-47-18-21(2)15-43)41-35(40-32)48-20-36(8-9-36)19-42-16-24(17-42)46-3/h5-7,10,13-14,21,24,45H,4,8-9,11-12,15-20H2,1-3H3. The summed E-state index contributed by atoms with van der Waals surface area (Å²) in [7, 11) is 1.75. The highest BCUT2D eigenvalue weighted by Gasteiger charge is 2.47. The van der Waals surface area contributed by atoms with Crippen LogP contribution in [-0.2, 0) is 15.9 Å². The molecule has 2 aromatic carbocycles. The van der Waals surface area contributed by atoms with Crippen molar-refractivity contribution in [2.24, 2.45) is 11.3 Å². The van der Waals surface area contributed by atoms with Crippen molar-refractivity contribution in [3.8, 4) is 23.0 Å². The van der Waals surface area contributed by atoms with E-state index in [0.29, 0.717) is 78.0 Å². The SMILES string of the molecule is CCc1c(F)ccc2cc(O)cc(-c3c(F)c4nc(OCC5(CN6CC(OC)C6)CC5)nc(N5CCOCC(C)C5)c4c4ccnn34)c12. The predicted molar refractivity (Wildman–Crippen MR) is 179 cm³/mol. The van der Waals surface area contributed by atoms with Gasteiger partial charge in [0.15, 0.2) is 5.82 Å². The highest BCUT2D eigenvalue weighted by molar-refractivity contribution is 6.07. The molecule has 2 saturated heterocycles. The first-order valence-corrected chi connectivity index (χ1v) is 16.8. The molecular formula is C36H40F2N6O4. The largest absolute Gasteiger partial charge is 0.508 e.